The van der Waals surface area contributed by atoms with Gasteiger partial charge in [0.1, 0.15) is 0 Å². The molecule has 0 saturated heterocycles. The molecule has 0 aromatic rings. The van der Waals surface area contributed by atoms with E-state index in [-0.39, 0.29) is 37.2 Å². The average Bonchev–Trinajstić information content (AvgIpc) is 2.80. The maximum atomic E-state index is 2.40. The summed E-state index contributed by atoms with van der Waals surface area (Å²) in [5.41, 5.74) is 9.49. The molecule has 0 heterocycles. The summed E-state index contributed by atoms with van der Waals surface area (Å²) in [6.07, 6.45) is 7.17. The zero-order valence-corrected chi connectivity index (χ0v) is 17.2. The first-order valence-corrected chi connectivity index (χ1v) is 8.18. The zero-order chi connectivity index (χ0) is 12.6. The van der Waals surface area contributed by atoms with Crippen LogP contribution in [0, 0.1) is 5.92 Å². The summed E-state index contributed by atoms with van der Waals surface area (Å²) in [6.45, 7) is 9.11. The molecular formula is C16H21Cl3Zr. The molecule has 4 heteroatoms. The summed E-state index contributed by atoms with van der Waals surface area (Å²) in [4.78, 5) is 0. The molecule has 0 unspecified atom stereocenters. The van der Waals surface area contributed by atoms with Crippen LogP contribution in [0.5, 0.6) is 0 Å². The maximum Gasteiger partial charge on any atom is -1.00 e. The summed E-state index contributed by atoms with van der Waals surface area (Å²) in [5.74, 6) is 0.718. The van der Waals surface area contributed by atoms with Gasteiger partial charge >= 0.3 is 121 Å². The Kier molecular flexibility index (Phi) is 11.1. The second kappa shape index (κ2) is 9.67. The third-order valence-electron chi connectivity index (χ3n) is 4.45. The van der Waals surface area contributed by atoms with Gasteiger partial charge in [0.25, 0.3) is 0 Å². The van der Waals surface area contributed by atoms with Gasteiger partial charge in [-0.1, -0.05) is 0 Å². The summed E-state index contributed by atoms with van der Waals surface area (Å²) in [6, 6.07) is 0. The van der Waals surface area contributed by atoms with Crippen molar-refractivity contribution >= 4 is 0 Å². The molecule has 0 aliphatic heterocycles. The van der Waals surface area contributed by atoms with Crippen LogP contribution in [0.25, 0.3) is 0 Å². The molecule has 2 aliphatic rings. The monoisotopic (exact) mass is 408 g/mol. The molecule has 2 rings (SSSR count). The van der Waals surface area contributed by atoms with Gasteiger partial charge in [0.05, 0.1) is 0 Å². The Bertz CT molecular complexity index is 428. The minimum Gasteiger partial charge on any atom is -1.00 e. The van der Waals surface area contributed by atoms with Crippen molar-refractivity contribution in [2.24, 2.45) is 5.92 Å². The summed E-state index contributed by atoms with van der Waals surface area (Å²) in [7, 11) is 0. The number of halogens is 3. The van der Waals surface area contributed by atoms with E-state index in [1.807, 2.05) is 0 Å². The molecule has 0 nitrogen and oxygen atoms in total. The predicted octanol–water partition coefficient (Wildman–Crippen LogP) is -4.09. The zero-order valence-electron chi connectivity index (χ0n) is 12.5. The quantitative estimate of drug-likeness (QED) is 0.444. The number of allylic oxidation sites excluding steroid dienone is 8. The molecule has 0 N–H and O–H groups in total. The first-order chi connectivity index (χ1) is 8.06. The fourth-order valence-electron chi connectivity index (χ4n) is 2.91. The van der Waals surface area contributed by atoms with E-state index in [1.54, 1.807) is 47.0 Å². The van der Waals surface area contributed by atoms with Gasteiger partial charge < -0.3 is 37.2 Å². The third kappa shape index (κ3) is 4.36. The normalized spacial score (nSPS) is 17.6. The minimum absolute atomic E-state index is 0. The predicted molar refractivity (Wildman–Crippen MR) is 70.4 cm³/mol. The van der Waals surface area contributed by atoms with Crippen LogP contribution in [0.15, 0.2) is 45.6 Å². The molecule has 0 aromatic heterocycles. The first kappa shape index (κ1) is 23.0. The van der Waals surface area contributed by atoms with Crippen LogP contribution in [-0.2, 0) is 24.7 Å². The van der Waals surface area contributed by atoms with E-state index in [9.17, 15) is 0 Å². The minimum atomic E-state index is 0. The Hall–Kier alpha value is 0.713. The molecule has 0 radical (unpaired) electrons. The van der Waals surface area contributed by atoms with Gasteiger partial charge in [-0.2, -0.15) is 0 Å². The molecule has 110 valence electrons. The molecule has 20 heavy (non-hydrogen) atoms. The molecule has 0 bridgehead atoms. The van der Waals surface area contributed by atoms with Crippen molar-refractivity contribution in [3.63, 3.8) is 0 Å². The van der Waals surface area contributed by atoms with E-state index in [1.165, 1.54) is 28.1 Å². The SMILES string of the molecule is CC1=CCC(C([CH2][Zr+3])C2=C(C)C(C)=CC2)=C1C.[Cl-].[Cl-].[Cl-]. The molecule has 0 amide bonds. The third-order valence-corrected chi connectivity index (χ3v) is 5.45. The largest absolute Gasteiger partial charge is 1.00 e. The van der Waals surface area contributed by atoms with E-state index in [0.29, 0.717) is 0 Å². The summed E-state index contributed by atoms with van der Waals surface area (Å²) < 4.78 is 1.33. The van der Waals surface area contributed by atoms with Crippen molar-refractivity contribution in [2.75, 3.05) is 0 Å². The Balaban J connectivity index is 0. The van der Waals surface area contributed by atoms with Gasteiger partial charge in [-0.3, -0.25) is 0 Å². The van der Waals surface area contributed by atoms with Crippen LogP contribution in [0.2, 0.25) is 4.13 Å². The summed E-state index contributed by atoms with van der Waals surface area (Å²) >= 11 is 1.66. The Morgan fingerprint density at radius 3 is 1.40 bits per heavy atom. The number of hydrogen-bond donors (Lipinski definition) is 0. The van der Waals surface area contributed by atoms with Crippen LogP contribution in [0.4, 0.5) is 0 Å². The molecule has 0 saturated carbocycles. The van der Waals surface area contributed by atoms with Gasteiger partial charge in [0.15, 0.2) is 0 Å². The van der Waals surface area contributed by atoms with Crippen molar-refractivity contribution in [2.45, 2.75) is 44.7 Å². The smallest absolute Gasteiger partial charge is 1.00 e. The second-order valence-corrected chi connectivity index (χ2v) is 6.24. The second-order valence-electron chi connectivity index (χ2n) is 5.24. The summed E-state index contributed by atoms with van der Waals surface area (Å²) in [5, 5.41) is 0. The van der Waals surface area contributed by atoms with Crippen molar-refractivity contribution in [1.82, 2.24) is 0 Å². The standard InChI is InChI=1S/C16H21.3ClH.Zr/c1-10-6-8-15(12(10)3)14(5)16-9-7-11(2)13(16)4;;;;/h6-7,14H,5,8-9H2,1-4H3;3*1H;/q;;;;+3/p-3. The molecule has 0 fully saturated rings. The van der Waals surface area contributed by atoms with Crippen LogP contribution in [0.3, 0.4) is 0 Å². The fraction of sp³-hybridized carbons (Fsp3) is 0.500. The van der Waals surface area contributed by atoms with E-state index < -0.39 is 0 Å². The molecule has 0 atom stereocenters. The van der Waals surface area contributed by atoms with Gasteiger partial charge in [0, 0.05) is 0 Å². The number of rotatable bonds is 3. The average molecular weight is 411 g/mol. The van der Waals surface area contributed by atoms with Gasteiger partial charge in [-0.05, 0) is 0 Å². The van der Waals surface area contributed by atoms with Crippen LogP contribution < -0.4 is 37.2 Å². The molecule has 0 aromatic carbocycles. The maximum absolute atomic E-state index is 2.40. The molecular weight excluding hydrogens is 390 g/mol. The Morgan fingerprint density at radius 2 is 1.20 bits per heavy atom. The molecule has 0 spiro atoms. The van der Waals surface area contributed by atoms with Gasteiger partial charge in [0.2, 0.25) is 0 Å². The topological polar surface area (TPSA) is 0 Å². The van der Waals surface area contributed by atoms with Crippen LogP contribution in [0.1, 0.15) is 40.5 Å². The first-order valence-electron chi connectivity index (χ1n) is 6.44. The van der Waals surface area contributed by atoms with Gasteiger partial charge in [-0.25, -0.2) is 0 Å². The van der Waals surface area contributed by atoms with Crippen molar-refractivity contribution in [3.8, 4) is 0 Å². The van der Waals surface area contributed by atoms with Crippen molar-refractivity contribution in [3.05, 3.63) is 45.6 Å². The van der Waals surface area contributed by atoms with Gasteiger partial charge in [-0.15, -0.1) is 0 Å². The van der Waals surface area contributed by atoms with Crippen LogP contribution in [-0.4, -0.2) is 0 Å². The number of hydrogen-bond acceptors (Lipinski definition) is 0. The Morgan fingerprint density at radius 1 is 0.850 bits per heavy atom. The van der Waals surface area contributed by atoms with E-state index in [0.717, 1.165) is 5.92 Å². The molecule has 2 aliphatic carbocycles. The van der Waals surface area contributed by atoms with E-state index in [2.05, 4.69) is 39.8 Å². The van der Waals surface area contributed by atoms with Crippen molar-refractivity contribution in [1.29, 1.82) is 0 Å². The van der Waals surface area contributed by atoms with E-state index >= 15 is 0 Å². The van der Waals surface area contributed by atoms with Crippen LogP contribution >= 0.6 is 0 Å². The van der Waals surface area contributed by atoms with E-state index in [4.69, 9.17) is 0 Å². The fourth-order valence-corrected chi connectivity index (χ4v) is 4.12. The van der Waals surface area contributed by atoms with Crippen molar-refractivity contribution < 1.29 is 61.9 Å². The Labute approximate surface area is 157 Å².